The van der Waals surface area contributed by atoms with Gasteiger partial charge in [-0.1, -0.05) is 0 Å². The van der Waals surface area contributed by atoms with Crippen LogP contribution >= 0.6 is 0 Å². The molecule has 4 aromatic rings. The number of hydrogen-bond donors (Lipinski definition) is 1. The lowest BCUT2D eigenvalue weighted by atomic mass is 9.92. The van der Waals surface area contributed by atoms with Crippen molar-refractivity contribution in [3.63, 3.8) is 0 Å². The Morgan fingerprint density at radius 3 is 2.33 bits per heavy atom. The van der Waals surface area contributed by atoms with Gasteiger partial charge in [-0.05, 0) is 85.0 Å². The van der Waals surface area contributed by atoms with Gasteiger partial charge in [0.25, 0.3) is 18.2 Å². The fourth-order valence-corrected chi connectivity index (χ4v) is 10.1. The number of fused-ring (bicyclic) bond motifs is 4. The Bertz CT molecular complexity index is 2450. The molecule has 10 rings (SSSR count). The fraction of sp³-hybridized carbons (Fsp3) is 0.477. The molecule has 8 heterocycles. The summed E-state index contributed by atoms with van der Waals surface area (Å²) in [6.07, 6.45) is 5.60. The summed E-state index contributed by atoms with van der Waals surface area (Å²) in [4.78, 5) is 70.4. The van der Waals surface area contributed by atoms with Crippen LogP contribution in [0.2, 0.25) is 0 Å². The Labute approximate surface area is 350 Å². The Morgan fingerprint density at radius 2 is 1.62 bits per heavy atom. The molecule has 6 aliphatic heterocycles. The lowest BCUT2D eigenvalue weighted by molar-refractivity contribution is -0.136. The minimum absolute atomic E-state index is 0.00408. The Kier molecular flexibility index (Phi) is 10.0. The number of benzene rings is 2. The van der Waals surface area contributed by atoms with Gasteiger partial charge in [-0.25, -0.2) is 8.78 Å². The van der Waals surface area contributed by atoms with E-state index in [4.69, 9.17) is 9.84 Å². The SMILES string of the molecule is CC(=O)N1CCc2c(c(N3CCCc4cc(-c5cnn(CCCN6Cc7cc8c(cc7C6)C(=O)N(C6CCC(=O)NC6=O)C8=O)c5)c(C(F)F)cc43)nn2C2CCOCC2)C1. The van der Waals surface area contributed by atoms with E-state index in [0.29, 0.717) is 76.6 Å². The first-order chi connectivity index (χ1) is 29.5. The van der Waals surface area contributed by atoms with E-state index in [1.54, 1.807) is 36.0 Å². The van der Waals surface area contributed by atoms with Crippen molar-refractivity contribution in [2.45, 2.75) is 103 Å². The van der Waals surface area contributed by atoms with Gasteiger partial charge in [-0.3, -0.25) is 48.5 Å². The number of hydrogen-bond acceptors (Lipinski definition) is 10. The van der Waals surface area contributed by atoms with Crippen molar-refractivity contribution in [1.82, 2.24) is 39.6 Å². The van der Waals surface area contributed by atoms with Gasteiger partial charge in [-0.2, -0.15) is 10.2 Å². The Morgan fingerprint density at radius 1 is 0.885 bits per heavy atom. The monoisotopic (exact) mass is 835 g/mol. The number of carbonyl (C=O) groups is 5. The number of carbonyl (C=O) groups excluding carboxylic acids is 5. The minimum Gasteiger partial charge on any atom is -0.381 e. The predicted octanol–water partition coefficient (Wildman–Crippen LogP) is 4.83. The average Bonchev–Trinajstić information content (AvgIpc) is 4.04. The second-order valence-electron chi connectivity index (χ2n) is 17.0. The van der Waals surface area contributed by atoms with Crippen molar-refractivity contribution in [3.8, 4) is 11.1 Å². The highest BCUT2D eigenvalue weighted by Gasteiger charge is 2.45. The number of nitrogens with zero attached hydrogens (tertiary/aromatic N) is 8. The van der Waals surface area contributed by atoms with Crippen LogP contribution in [0.15, 0.2) is 36.7 Å². The van der Waals surface area contributed by atoms with Crippen LogP contribution in [-0.4, -0.2) is 103 Å². The molecule has 0 radical (unpaired) electrons. The lowest BCUT2D eigenvalue weighted by Gasteiger charge is -2.33. The summed E-state index contributed by atoms with van der Waals surface area (Å²) in [7, 11) is 0. The molecule has 2 aromatic heterocycles. The first-order valence-electron chi connectivity index (χ1n) is 21.3. The van der Waals surface area contributed by atoms with Crippen molar-refractivity contribution in [2.75, 3.05) is 37.7 Å². The fourth-order valence-electron chi connectivity index (χ4n) is 10.1. The van der Waals surface area contributed by atoms with E-state index in [0.717, 1.165) is 76.5 Å². The molecule has 17 heteroatoms. The topological polar surface area (TPSA) is 155 Å². The van der Waals surface area contributed by atoms with Crippen LogP contribution in [0.5, 0.6) is 0 Å². The van der Waals surface area contributed by atoms with Gasteiger partial charge >= 0.3 is 0 Å². The van der Waals surface area contributed by atoms with Gasteiger partial charge in [0.15, 0.2) is 5.82 Å². The number of halogens is 2. The van der Waals surface area contributed by atoms with Gasteiger partial charge in [0, 0.05) is 107 Å². The largest absolute Gasteiger partial charge is 0.381 e. The number of imide groups is 2. The zero-order chi connectivity index (χ0) is 42.1. The van der Waals surface area contributed by atoms with Gasteiger partial charge in [0.05, 0.1) is 29.9 Å². The Balaban J connectivity index is 0.832. The number of piperidine rings is 1. The molecule has 2 fully saturated rings. The number of anilines is 2. The van der Waals surface area contributed by atoms with Crippen LogP contribution in [0.1, 0.15) is 112 Å². The van der Waals surface area contributed by atoms with E-state index in [-0.39, 0.29) is 41.5 Å². The molecule has 2 aromatic carbocycles. The summed E-state index contributed by atoms with van der Waals surface area (Å²) < 4.78 is 39.6. The molecule has 1 N–H and O–H groups in total. The zero-order valence-electron chi connectivity index (χ0n) is 34.0. The number of alkyl halides is 2. The van der Waals surface area contributed by atoms with Crippen molar-refractivity contribution >= 4 is 41.0 Å². The van der Waals surface area contributed by atoms with Crippen LogP contribution in [0.3, 0.4) is 0 Å². The second kappa shape index (κ2) is 15.6. The second-order valence-corrected chi connectivity index (χ2v) is 17.0. The Hall–Kier alpha value is -5.81. The number of amides is 5. The summed E-state index contributed by atoms with van der Waals surface area (Å²) in [5.74, 6) is -1.33. The molecule has 61 heavy (non-hydrogen) atoms. The van der Waals surface area contributed by atoms with Gasteiger partial charge in [0.2, 0.25) is 17.7 Å². The minimum atomic E-state index is -2.72. The van der Waals surface area contributed by atoms with Crippen LogP contribution < -0.4 is 10.2 Å². The van der Waals surface area contributed by atoms with Gasteiger partial charge < -0.3 is 14.5 Å². The third-order valence-electron chi connectivity index (χ3n) is 13.3. The van der Waals surface area contributed by atoms with E-state index in [9.17, 15) is 24.0 Å². The molecule has 318 valence electrons. The zero-order valence-corrected chi connectivity index (χ0v) is 34.0. The highest BCUT2D eigenvalue weighted by molar-refractivity contribution is 6.23. The molecule has 0 aliphatic carbocycles. The van der Waals surface area contributed by atoms with E-state index in [1.165, 1.54) is 0 Å². The van der Waals surface area contributed by atoms with Crippen LogP contribution in [0, 0.1) is 0 Å². The van der Waals surface area contributed by atoms with Crippen LogP contribution in [0.4, 0.5) is 20.3 Å². The lowest BCUT2D eigenvalue weighted by Crippen LogP contribution is -2.54. The molecule has 2 saturated heterocycles. The third-order valence-corrected chi connectivity index (χ3v) is 13.3. The molecule has 1 atom stereocenters. The van der Waals surface area contributed by atoms with E-state index in [1.807, 2.05) is 17.2 Å². The van der Waals surface area contributed by atoms with Gasteiger partial charge in [0.1, 0.15) is 6.04 Å². The molecule has 0 saturated carbocycles. The van der Waals surface area contributed by atoms with Gasteiger partial charge in [-0.15, -0.1) is 0 Å². The first kappa shape index (κ1) is 39.3. The van der Waals surface area contributed by atoms with Crippen molar-refractivity contribution in [1.29, 1.82) is 0 Å². The molecule has 6 aliphatic rings. The highest BCUT2D eigenvalue weighted by Crippen LogP contribution is 2.44. The average molecular weight is 836 g/mol. The maximum atomic E-state index is 15.0. The number of rotatable bonds is 9. The standard InChI is InChI=1S/C44H47F2N9O6/c1-25(56)51-13-7-36-35(24-51)41(49-55(36)30-8-14-61-15-9-30)53-12-2-4-26-16-31(32(40(45)46)19-38(26)53)29-20-47-52(23-29)11-3-10-50-21-27-17-33-34(18-28(27)22-50)44(60)54(43(33)59)37-5-6-39(57)48-42(37)58/h16-20,23,30,37,40H,2-15,21-22,24H2,1H3,(H,48,57,58). The van der Waals surface area contributed by atoms with Crippen molar-refractivity contribution in [3.05, 3.63) is 81.3 Å². The molecule has 1 unspecified atom stereocenters. The first-order valence-corrected chi connectivity index (χ1v) is 21.3. The quantitative estimate of drug-likeness (QED) is 0.232. The van der Waals surface area contributed by atoms with E-state index < -0.39 is 36.1 Å². The molecule has 0 spiro atoms. The smallest absolute Gasteiger partial charge is 0.264 e. The molecule has 15 nitrogen and oxygen atoms in total. The summed E-state index contributed by atoms with van der Waals surface area (Å²) in [6.45, 7) is 7.04. The summed E-state index contributed by atoms with van der Waals surface area (Å²) in [6, 6.07) is 6.22. The highest BCUT2D eigenvalue weighted by atomic mass is 19.3. The maximum Gasteiger partial charge on any atom is 0.264 e. The molecular formula is C44H47F2N9O6. The van der Waals surface area contributed by atoms with E-state index in [2.05, 4.69) is 24.9 Å². The number of aromatic nitrogens is 4. The third kappa shape index (κ3) is 7.00. The normalized spacial score (nSPS) is 20.7. The summed E-state index contributed by atoms with van der Waals surface area (Å²) in [5.41, 5.74) is 7.28. The molecule has 5 amide bonds. The summed E-state index contributed by atoms with van der Waals surface area (Å²) >= 11 is 0. The number of nitrogens with one attached hydrogen (secondary N) is 1. The van der Waals surface area contributed by atoms with Crippen LogP contribution in [0.25, 0.3) is 11.1 Å². The summed E-state index contributed by atoms with van der Waals surface area (Å²) in [5, 5.41) is 12.0. The number of ether oxygens (including phenoxy) is 1. The van der Waals surface area contributed by atoms with Crippen LogP contribution in [-0.2, 0) is 58.1 Å². The maximum absolute atomic E-state index is 15.0. The number of aryl methyl sites for hydroxylation is 2. The molecular weight excluding hydrogens is 789 g/mol. The van der Waals surface area contributed by atoms with Crippen molar-refractivity contribution in [2.24, 2.45) is 0 Å². The van der Waals surface area contributed by atoms with Crippen molar-refractivity contribution < 1.29 is 37.5 Å². The van der Waals surface area contributed by atoms with E-state index >= 15 is 8.78 Å². The predicted molar refractivity (Wildman–Crippen MR) is 216 cm³/mol. The molecule has 0 bridgehead atoms.